The third kappa shape index (κ3) is 4.87. The Kier molecular flexibility index (Phi) is 6.73. The van der Waals surface area contributed by atoms with Gasteiger partial charge in [0, 0.05) is 11.9 Å². The van der Waals surface area contributed by atoms with Gasteiger partial charge in [-0.3, -0.25) is 9.59 Å². The second-order valence-electron chi connectivity index (χ2n) is 6.60. The van der Waals surface area contributed by atoms with Crippen molar-refractivity contribution in [2.24, 2.45) is 5.10 Å². The number of hydrogen-bond donors (Lipinski definition) is 1. The molecular formula is C22H24N4O3. The van der Waals surface area contributed by atoms with E-state index >= 15 is 0 Å². The van der Waals surface area contributed by atoms with Gasteiger partial charge in [0.25, 0.3) is 11.5 Å². The van der Waals surface area contributed by atoms with Gasteiger partial charge < -0.3 is 4.74 Å². The fourth-order valence-electron chi connectivity index (χ4n) is 2.97. The summed E-state index contributed by atoms with van der Waals surface area (Å²) in [7, 11) is 1.60. The van der Waals surface area contributed by atoms with E-state index in [2.05, 4.69) is 22.5 Å². The van der Waals surface area contributed by atoms with E-state index in [1.165, 1.54) is 10.9 Å². The summed E-state index contributed by atoms with van der Waals surface area (Å²) in [5.41, 5.74) is 3.32. The number of aromatic nitrogens is 2. The highest BCUT2D eigenvalue weighted by molar-refractivity contribution is 6.04. The third-order valence-corrected chi connectivity index (χ3v) is 4.55. The van der Waals surface area contributed by atoms with Crippen LogP contribution in [0.1, 0.15) is 42.2 Å². The van der Waals surface area contributed by atoms with Crippen LogP contribution in [0.25, 0.3) is 10.8 Å². The van der Waals surface area contributed by atoms with Gasteiger partial charge in [-0.15, -0.1) is 0 Å². The number of nitrogens with one attached hydrogen (secondary N) is 1. The number of nitrogens with zero attached hydrogens (tertiary/aromatic N) is 3. The Hall–Kier alpha value is -3.48. The minimum Gasteiger partial charge on any atom is -0.497 e. The van der Waals surface area contributed by atoms with Gasteiger partial charge in [0.05, 0.1) is 18.7 Å². The molecule has 2 aromatic carbocycles. The number of methoxy groups -OCH3 is 1. The van der Waals surface area contributed by atoms with Crippen LogP contribution in [0.5, 0.6) is 5.75 Å². The zero-order valence-corrected chi connectivity index (χ0v) is 16.6. The van der Waals surface area contributed by atoms with Crippen LogP contribution in [0.2, 0.25) is 0 Å². The summed E-state index contributed by atoms with van der Waals surface area (Å²) in [5.74, 6) is 0.280. The summed E-state index contributed by atoms with van der Waals surface area (Å²) in [6, 6.07) is 14.3. The maximum atomic E-state index is 12.7. The van der Waals surface area contributed by atoms with Gasteiger partial charge in [-0.2, -0.15) is 10.2 Å². The van der Waals surface area contributed by atoms with Crippen LogP contribution in [0, 0.1) is 0 Å². The number of fused-ring (bicyclic) bond motifs is 1. The van der Waals surface area contributed by atoms with Crippen LogP contribution in [0.3, 0.4) is 0 Å². The van der Waals surface area contributed by atoms with Crippen molar-refractivity contribution in [2.75, 3.05) is 7.11 Å². The predicted octanol–water partition coefficient (Wildman–Crippen LogP) is 3.36. The Balaban J connectivity index is 1.84. The number of rotatable bonds is 8. The number of amides is 1. The topological polar surface area (TPSA) is 85.6 Å². The molecule has 29 heavy (non-hydrogen) atoms. The molecule has 0 aliphatic rings. The molecule has 0 aliphatic heterocycles. The SMILES string of the molecule is CCCCCn1nc(C(=O)N/N=C\c2ccc(OC)cc2)c2ccccc2c1=O. The molecule has 1 heterocycles. The smallest absolute Gasteiger partial charge is 0.292 e. The molecule has 0 spiro atoms. The van der Waals surface area contributed by atoms with E-state index in [0.717, 1.165) is 30.6 Å². The highest BCUT2D eigenvalue weighted by Crippen LogP contribution is 2.14. The standard InChI is InChI=1S/C22H24N4O3/c1-3-4-7-14-26-22(28)19-9-6-5-8-18(19)20(25-26)21(27)24-23-15-16-10-12-17(29-2)13-11-16/h5-6,8-13,15H,3-4,7,14H2,1-2H3,(H,24,27)/b23-15-. The molecule has 0 fully saturated rings. The van der Waals surface area contributed by atoms with Crippen molar-refractivity contribution in [3.63, 3.8) is 0 Å². The Morgan fingerprint density at radius 1 is 1.14 bits per heavy atom. The molecule has 0 atom stereocenters. The Labute approximate surface area is 169 Å². The highest BCUT2D eigenvalue weighted by atomic mass is 16.5. The molecule has 7 nitrogen and oxygen atoms in total. The van der Waals surface area contributed by atoms with Gasteiger partial charge in [-0.25, -0.2) is 10.1 Å². The molecule has 1 aromatic heterocycles. The number of aryl methyl sites for hydroxylation is 1. The lowest BCUT2D eigenvalue weighted by molar-refractivity contribution is 0.0949. The molecule has 1 amide bonds. The monoisotopic (exact) mass is 392 g/mol. The van der Waals surface area contributed by atoms with Crippen LogP contribution in [0.4, 0.5) is 0 Å². The first kappa shape index (κ1) is 20.3. The highest BCUT2D eigenvalue weighted by Gasteiger charge is 2.16. The maximum Gasteiger partial charge on any atom is 0.292 e. The molecule has 3 aromatic rings. The van der Waals surface area contributed by atoms with E-state index in [9.17, 15) is 9.59 Å². The number of benzene rings is 2. The minimum atomic E-state index is -0.463. The second-order valence-corrected chi connectivity index (χ2v) is 6.60. The largest absolute Gasteiger partial charge is 0.497 e. The van der Waals surface area contributed by atoms with Crippen molar-refractivity contribution >= 4 is 22.9 Å². The fourth-order valence-corrected chi connectivity index (χ4v) is 2.97. The lowest BCUT2D eigenvalue weighted by Gasteiger charge is -2.10. The van der Waals surface area contributed by atoms with Crippen molar-refractivity contribution in [1.29, 1.82) is 0 Å². The molecule has 1 N–H and O–H groups in total. The lowest BCUT2D eigenvalue weighted by Crippen LogP contribution is -2.29. The van der Waals surface area contributed by atoms with E-state index in [-0.39, 0.29) is 11.3 Å². The zero-order valence-electron chi connectivity index (χ0n) is 16.6. The van der Waals surface area contributed by atoms with E-state index in [1.807, 2.05) is 24.3 Å². The summed E-state index contributed by atoms with van der Waals surface area (Å²) < 4.78 is 6.49. The number of hydrogen-bond acceptors (Lipinski definition) is 5. The molecule has 0 radical (unpaired) electrons. The average molecular weight is 392 g/mol. The van der Waals surface area contributed by atoms with Gasteiger partial charge in [0.15, 0.2) is 5.69 Å². The molecule has 150 valence electrons. The average Bonchev–Trinajstić information content (AvgIpc) is 2.76. The molecule has 3 rings (SSSR count). The van der Waals surface area contributed by atoms with Crippen LogP contribution < -0.4 is 15.7 Å². The summed E-state index contributed by atoms with van der Waals surface area (Å²) in [6.45, 7) is 2.57. The molecule has 0 saturated carbocycles. The van der Waals surface area contributed by atoms with Crippen LogP contribution >= 0.6 is 0 Å². The van der Waals surface area contributed by atoms with E-state index < -0.39 is 5.91 Å². The van der Waals surface area contributed by atoms with Gasteiger partial charge in [-0.1, -0.05) is 38.0 Å². The zero-order chi connectivity index (χ0) is 20.6. The summed E-state index contributed by atoms with van der Waals surface area (Å²) in [4.78, 5) is 25.4. The molecule has 0 unspecified atom stereocenters. The van der Waals surface area contributed by atoms with Gasteiger partial charge in [0.2, 0.25) is 0 Å². The predicted molar refractivity (Wildman–Crippen MR) is 114 cm³/mol. The summed E-state index contributed by atoms with van der Waals surface area (Å²) >= 11 is 0. The maximum absolute atomic E-state index is 12.7. The Morgan fingerprint density at radius 3 is 2.55 bits per heavy atom. The van der Waals surface area contributed by atoms with E-state index in [4.69, 9.17) is 4.74 Å². The second kappa shape index (κ2) is 9.64. The summed E-state index contributed by atoms with van der Waals surface area (Å²) in [5, 5.41) is 9.33. The van der Waals surface area contributed by atoms with Crippen LogP contribution in [0.15, 0.2) is 58.4 Å². The van der Waals surface area contributed by atoms with E-state index in [0.29, 0.717) is 17.3 Å². The Bertz CT molecular complexity index is 1070. The fraction of sp³-hybridized carbons (Fsp3) is 0.273. The first-order valence-corrected chi connectivity index (χ1v) is 9.61. The number of carbonyl (C=O) groups excluding carboxylic acids is 1. The quantitative estimate of drug-likeness (QED) is 0.362. The van der Waals surface area contributed by atoms with Crippen molar-refractivity contribution in [2.45, 2.75) is 32.7 Å². The van der Waals surface area contributed by atoms with Gasteiger partial charge in [-0.05, 0) is 42.3 Å². The number of carbonyl (C=O) groups is 1. The van der Waals surface area contributed by atoms with Crippen LogP contribution in [-0.2, 0) is 6.54 Å². The Morgan fingerprint density at radius 2 is 1.86 bits per heavy atom. The van der Waals surface area contributed by atoms with Crippen molar-refractivity contribution in [1.82, 2.24) is 15.2 Å². The molecular weight excluding hydrogens is 368 g/mol. The van der Waals surface area contributed by atoms with Crippen LogP contribution in [-0.4, -0.2) is 29.0 Å². The summed E-state index contributed by atoms with van der Waals surface area (Å²) in [6.07, 6.45) is 4.40. The molecule has 0 bridgehead atoms. The molecule has 7 heteroatoms. The third-order valence-electron chi connectivity index (χ3n) is 4.55. The number of unbranched alkanes of at least 4 members (excludes halogenated alkanes) is 2. The van der Waals surface area contributed by atoms with Gasteiger partial charge in [0.1, 0.15) is 5.75 Å². The first-order valence-electron chi connectivity index (χ1n) is 9.61. The van der Waals surface area contributed by atoms with E-state index in [1.54, 1.807) is 31.4 Å². The molecule has 0 saturated heterocycles. The van der Waals surface area contributed by atoms with Crippen molar-refractivity contribution < 1.29 is 9.53 Å². The number of ether oxygens (including phenoxy) is 1. The first-order chi connectivity index (χ1) is 14.1. The van der Waals surface area contributed by atoms with Crippen molar-refractivity contribution in [3.05, 3.63) is 70.1 Å². The lowest BCUT2D eigenvalue weighted by atomic mass is 10.1. The minimum absolute atomic E-state index is 0.184. The van der Waals surface area contributed by atoms with Crippen molar-refractivity contribution in [3.8, 4) is 5.75 Å². The number of hydrazone groups is 1. The normalized spacial score (nSPS) is 11.1. The van der Waals surface area contributed by atoms with Gasteiger partial charge >= 0.3 is 0 Å². The molecule has 0 aliphatic carbocycles.